The van der Waals surface area contributed by atoms with Crippen molar-refractivity contribution in [2.45, 2.75) is 12.6 Å². The minimum Gasteiger partial charge on any atom is -0.362 e. The first-order valence-electron chi connectivity index (χ1n) is 3.41. The van der Waals surface area contributed by atoms with E-state index in [1.807, 2.05) is 0 Å². The third-order valence-corrected chi connectivity index (χ3v) is 2.43. The summed E-state index contributed by atoms with van der Waals surface area (Å²) in [5.41, 5.74) is 5.98. The van der Waals surface area contributed by atoms with Gasteiger partial charge in [-0.15, -0.1) is 0 Å². The van der Waals surface area contributed by atoms with E-state index in [4.69, 9.17) is 10.5 Å². The van der Waals surface area contributed by atoms with Crippen LogP contribution >= 0.6 is 0 Å². The molecule has 2 saturated heterocycles. The molecular weight excluding hydrogens is 116 g/mol. The number of hydrogen-bond acceptors (Lipinski definition) is 3. The first kappa shape index (κ1) is 5.65. The van der Waals surface area contributed by atoms with E-state index in [-0.39, 0.29) is 6.23 Å². The summed E-state index contributed by atoms with van der Waals surface area (Å²) in [7, 11) is 0. The monoisotopic (exact) mass is 128 g/mol. The molecule has 0 aromatic carbocycles. The van der Waals surface area contributed by atoms with E-state index in [1.54, 1.807) is 0 Å². The quantitative estimate of drug-likeness (QED) is 0.452. The number of nitrogens with one attached hydrogen (secondary N) is 1. The van der Waals surface area contributed by atoms with Gasteiger partial charge in [0.25, 0.3) is 0 Å². The zero-order valence-corrected chi connectivity index (χ0v) is 5.39. The number of hydrogen-bond donors (Lipinski definition) is 2. The molecule has 9 heavy (non-hydrogen) atoms. The predicted molar refractivity (Wildman–Crippen MR) is 33.8 cm³/mol. The van der Waals surface area contributed by atoms with Crippen LogP contribution in [0.1, 0.15) is 6.42 Å². The summed E-state index contributed by atoms with van der Waals surface area (Å²) in [6.45, 7) is 3.02. The van der Waals surface area contributed by atoms with Gasteiger partial charge in [0.15, 0.2) is 0 Å². The average Bonchev–Trinajstić information content (AvgIpc) is 2.34. The van der Waals surface area contributed by atoms with Gasteiger partial charge in [-0.25, -0.2) is 0 Å². The van der Waals surface area contributed by atoms with Crippen LogP contribution in [0.4, 0.5) is 0 Å². The standard InChI is InChI=1S/C6H12N2O/c7-5-6(4-9-5)1-2-8-3-6/h5,8H,1-4,7H2. The maximum Gasteiger partial charge on any atom is 0.114 e. The maximum absolute atomic E-state index is 5.66. The first-order valence-corrected chi connectivity index (χ1v) is 3.41. The zero-order chi connectivity index (χ0) is 6.32. The van der Waals surface area contributed by atoms with Gasteiger partial charge >= 0.3 is 0 Å². The van der Waals surface area contributed by atoms with Crippen LogP contribution in [0.2, 0.25) is 0 Å². The molecule has 0 bridgehead atoms. The number of rotatable bonds is 0. The van der Waals surface area contributed by atoms with E-state index in [9.17, 15) is 0 Å². The highest BCUT2D eigenvalue weighted by Crippen LogP contribution is 2.37. The molecule has 0 amide bonds. The van der Waals surface area contributed by atoms with Gasteiger partial charge in [0, 0.05) is 12.0 Å². The lowest BCUT2D eigenvalue weighted by Gasteiger charge is -2.43. The average molecular weight is 128 g/mol. The van der Waals surface area contributed by atoms with Gasteiger partial charge < -0.3 is 15.8 Å². The van der Waals surface area contributed by atoms with E-state index in [0.29, 0.717) is 5.41 Å². The largest absolute Gasteiger partial charge is 0.362 e. The van der Waals surface area contributed by atoms with Crippen molar-refractivity contribution < 1.29 is 4.74 Å². The molecule has 1 spiro atoms. The molecule has 52 valence electrons. The Labute approximate surface area is 54.6 Å². The lowest BCUT2D eigenvalue weighted by atomic mass is 9.82. The summed E-state index contributed by atoms with van der Waals surface area (Å²) < 4.78 is 5.11. The van der Waals surface area contributed by atoms with Crippen LogP contribution in [0, 0.1) is 5.41 Å². The first-order chi connectivity index (χ1) is 4.33. The van der Waals surface area contributed by atoms with Crippen molar-refractivity contribution >= 4 is 0 Å². The molecule has 2 atom stereocenters. The van der Waals surface area contributed by atoms with Crippen LogP contribution in [0.25, 0.3) is 0 Å². The Morgan fingerprint density at radius 3 is 2.78 bits per heavy atom. The van der Waals surface area contributed by atoms with Crippen LogP contribution in [-0.4, -0.2) is 25.9 Å². The van der Waals surface area contributed by atoms with Crippen LogP contribution in [0.5, 0.6) is 0 Å². The number of nitrogens with two attached hydrogens (primary N) is 1. The molecule has 0 saturated carbocycles. The van der Waals surface area contributed by atoms with E-state index in [2.05, 4.69) is 5.32 Å². The van der Waals surface area contributed by atoms with Crippen LogP contribution in [0.15, 0.2) is 0 Å². The maximum atomic E-state index is 5.66. The van der Waals surface area contributed by atoms with Gasteiger partial charge in [-0.2, -0.15) is 0 Å². The molecule has 3 heteroatoms. The Morgan fingerprint density at radius 1 is 1.67 bits per heavy atom. The minimum absolute atomic E-state index is 0.00694. The van der Waals surface area contributed by atoms with E-state index >= 15 is 0 Å². The molecule has 2 heterocycles. The Hall–Kier alpha value is -0.120. The summed E-state index contributed by atoms with van der Waals surface area (Å²) in [5, 5.41) is 3.29. The lowest BCUT2D eigenvalue weighted by molar-refractivity contribution is -0.172. The Bertz CT molecular complexity index is 120. The second kappa shape index (κ2) is 1.68. The molecule has 0 aromatic heterocycles. The van der Waals surface area contributed by atoms with Gasteiger partial charge in [0.2, 0.25) is 0 Å². The Balaban J connectivity index is 2.06. The molecule has 0 aliphatic carbocycles. The van der Waals surface area contributed by atoms with E-state index in [0.717, 1.165) is 19.7 Å². The number of ether oxygens (including phenoxy) is 1. The zero-order valence-electron chi connectivity index (χ0n) is 5.39. The predicted octanol–water partition coefficient (Wildman–Crippen LogP) is -0.719. The Morgan fingerprint density at radius 2 is 2.56 bits per heavy atom. The van der Waals surface area contributed by atoms with Gasteiger partial charge in [-0.1, -0.05) is 0 Å². The van der Waals surface area contributed by atoms with Crippen molar-refractivity contribution in [3.05, 3.63) is 0 Å². The highest BCUT2D eigenvalue weighted by atomic mass is 16.5. The van der Waals surface area contributed by atoms with Crippen molar-refractivity contribution in [3.8, 4) is 0 Å². The van der Waals surface area contributed by atoms with Crippen molar-refractivity contribution in [2.75, 3.05) is 19.7 Å². The molecule has 0 radical (unpaired) electrons. The van der Waals surface area contributed by atoms with Crippen molar-refractivity contribution in [1.82, 2.24) is 5.32 Å². The van der Waals surface area contributed by atoms with Crippen LogP contribution < -0.4 is 11.1 Å². The fraction of sp³-hybridized carbons (Fsp3) is 1.00. The minimum atomic E-state index is 0.00694. The smallest absolute Gasteiger partial charge is 0.114 e. The van der Waals surface area contributed by atoms with E-state index in [1.165, 1.54) is 6.42 Å². The lowest BCUT2D eigenvalue weighted by Crippen LogP contribution is -2.58. The van der Waals surface area contributed by atoms with Crippen molar-refractivity contribution in [2.24, 2.45) is 11.1 Å². The third-order valence-electron chi connectivity index (χ3n) is 2.43. The molecule has 3 N–H and O–H groups in total. The SMILES string of the molecule is NC1OCC12CCNC2. The van der Waals surface area contributed by atoms with Gasteiger partial charge in [0.1, 0.15) is 6.23 Å². The Kier molecular flexibility index (Phi) is 1.06. The molecule has 2 aliphatic rings. The van der Waals surface area contributed by atoms with Crippen LogP contribution in [-0.2, 0) is 4.74 Å². The summed E-state index contributed by atoms with van der Waals surface area (Å²) in [5.74, 6) is 0. The molecule has 2 unspecified atom stereocenters. The molecular formula is C6H12N2O. The highest BCUT2D eigenvalue weighted by molar-refractivity contribution is 4.97. The highest BCUT2D eigenvalue weighted by Gasteiger charge is 2.48. The van der Waals surface area contributed by atoms with Gasteiger partial charge in [-0.05, 0) is 13.0 Å². The fourth-order valence-electron chi connectivity index (χ4n) is 1.54. The van der Waals surface area contributed by atoms with E-state index < -0.39 is 0 Å². The summed E-state index contributed by atoms with van der Waals surface area (Å²) >= 11 is 0. The molecule has 2 aliphatic heterocycles. The molecule has 2 rings (SSSR count). The third kappa shape index (κ3) is 0.625. The van der Waals surface area contributed by atoms with Crippen molar-refractivity contribution in [3.63, 3.8) is 0 Å². The molecule has 0 aromatic rings. The molecule has 2 fully saturated rings. The van der Waals surface area contributed by atoms with Gasteiger partial charge in [-0.3, -0.25) is 0 Å². The molecule has 3 nitrogen and oxygen atoms in total. The second-order valence-electron chi connectivity index (χ2n) is 3.02. The van der Waals surface area contributed by atoms with Gasteiger partial charge in [0.05, 0.1) is 6.61 Å². The normalized spacial score (nSPS) is 49.7. The van der Waals surface area contributed by atoms with Crippen molar-refractivity contribution in [1.29, 1.82) is 0 Å². The summed E-state index contributed by atoms with van der Waals surface area (Å²) in [6.07, 6.45) is 1.20. The van der Waals surface area contributed by atoms with Crippen LogP contribution in [0.3, 0.4) is 0 Å². The summed E-state index contributed by atoms with van der Waals surface area (Å²) in [4.78, 5) is 0. The summed E-state index contributed by atoms with van der Waals surface area (Å²) in [6, 6.07) is 0. The fourth-order valence-corrected chi connectivity index (χ4v) is 1.54. The second-order valence-corrected chi connectivity index (χ2v) is 3.02. The topological polar surface area (TPSA) is 47.3 Å².